The van der Waals surface area contributed by atoms with Gasteiger partial charge in [0.05, 0.1) is 23.4 Å². The van der Waals surface area contributed by atoms with Crippen LogP contribution in [0.25, 0.3) is 10.9 Å². The number of para-hydroxylation sites is 1. The summed E-state index contributed by atoms with van der Waals surface area (Å²) in [7, 11) is 0. The number of aromatic nitrogens is 2. The van der Waals surface area contributed by atoms with E-state index in [9.17, 15) is 14.4 Å². The Bertz CT molecular complexity index is 1140. The van der Waals surface area contributed by atoms with Gasteiger partial charge in [-0.15, -0.1) is 0 Å². The van der Waals surface area contributed by atoms with Crippen LogP contribution in [0.5, 0.6) is 0 Å². The summed E-state index contributed by atoms with van der Waals surface area (Å²) in [6.07, 6.45) is 0.237. The molecule has 3 aromatic rings. The van der Waals surface area contributed by atoms with Gasteiger partial charge in [0.2, 0.25) is 0 Å². The molecule has 0 saturated heterocycles. The quantitative estimate of drug-likeness (QED) is 0.587. The van der Waals surface area contributed by atoms with Gasteiger partial charge in [0.25, 0.3) is 11.5 Å². The van der Waals surface area contributed by atoms with Gasteiger partial charge in [0, 0.05) is 6.42 Å². The number of rotatable bonds is 7. The summed E-state index contributed by atoms with van der Waals surface area (Å²) >= 11 is 0. The van der Waals surface area contributed by atoms with Gasteiger partial charge in [-0.25, -0.2) is 4.98 Å². The number of nitrogens with one attached hydrogen (secondary N) is 2. The van der Waals surface area contributed by atoms with E-state index in [4.69, 9.17) is 4.74 Å². The molecule has 1 atom stereocenters. The summed E-state index contributed by atoms with van der Waals surface area (Å²) < 4.78 is 5.05. The summed E-state index contributed by atoms with van der Waals surface area (Å²) in [5.41, 5.74) is 3.66. The number of aromatic amines is 1. The molecule has 1 heterocycles. The van der Waals surface area contributed by atoms with Crippen LogP contribution in [0.1, 0.15) is 41.9 Å². The van der Waals surface area contributed by atoms with Crippen molar-refractivity contribution in [3.63, 3.8) is 0 Å². The van der Waals surface area contributed by atoms with Gasteiger partial charge in [-0.05, 0) is 49.6 Å². The van der Waals surface area contributed by atoms with Crippen molar-refractivity contribution >= 4 is 22.8 Å². The highest BCUT2D eigenvalue weighted by molar-refractivity contribution is 5.81. The average Bonchev–Trinajstić information content (AvgIpc) is 2.72. The third kappa shape index (κ3) is 5.31. The van der Waals surface area contributed by atoms with E-state index in [0.29, 0.717) is 16.7 Å². The number of nitrogens with zero attached hydrogens (tertiary/aromatic N) is 1. The SMILES string of the molecule is Cc1ccc([C@H](C)NC(=O)COC(=O)CCc2nc3ccccc3c(=O)[nH]2)cc1C. The molecule has 2 aromatic carbocycles. The van der Waals surface area contributed by atoms with Crippen LogP contribution in [0.15, 0.2) is 47.3 Å². The van der Waals surface area contributed by atoms with Crippen molar-refractivity contribution in [3.8, 4) is 0 Å². The van der Waals surface area contributed by atoms with Crippen LogP contribution in [0.4, 0.5) is 0 Å². The Balaban J connectivity index is 1.48. The number of benzene rings is 2. The number of ether oxygens (including phenoxy) is 1. The van der Waals surface area contributed by atoms with Crippen LogP contribution in [0, 0.1) is 13.8 Å². The lowest BCUT2D eigenvalue weighted by Gasteiger charge is -2.15. The van der Waals surface area contributed by atoms with Gasteiger partial charge < -0.3 is 15.0 Å². The second-order valence-electron chi connectivity index (χ2n) is 7.32. The van der Waals surface area contributed by atoms with Gasteiger partial charge in [0.1, 0.15) is 5.82 Å². The first-order valence-electron chi connectivity index (χ1n) is 9.83. The van der Waals surface area contributed by atoms with E-state index in [1.54, 1.807) is 24.3 Å². The third-order valence-corrected chi connectivity index (χ3v) is 5.00. The number of H-pyrrole nitrogens is 1. The van der Waals surface area contributed by atoms with Gasteiger partial charge in [-0.2, -0.15) is 0 Å². The Morgan fingerprint density at radius 3 is 2.67 bits per heavy atom. The lowest BCUT2D eigenvalue weighted by Crippen LogP contribution is -2.31. The van der Waals surface area contributed by atoms with Crippen molar-refractivity contribution < 1.29 is 14.3 Å². The van der Waals surface area contributed by atoms with Crippen LogP contribution in [0.2, 0.25) is 0 Å². The number of hydrogen-bond acceptors (Lipinski definition) is 5. The molecular weight excluding hydrogens is 382 g/mol. The molecule has 0 aliphatic heterocycles. The summed E-state index contributed by atoms with van der Waals surface area (Å²) in [5, 5.41) is 3.32. The number of carbonyl (C=O) groups is 2. The third-order valence-electron chi connectivity index (χ3n) is 5.00. The van der Waals surface area contributed by atoms with Crippen LogP contribution in [0.3, 0.4) is 0 Å². The zero-order chi connectivity index (χ0) is 21.7. The largest absolute Gasteiger partial charge is 0.456 e. The lowest BCUT2D eigenvalue weighted by atomic mass is 10.0. The minimum atomic E-state index is -0.528. The first-order valence-corrected chi connectivity index (χ1v) is 9.83. The van der Waals surface area contributed by atoms with Crippen molar-refractivity contribution in [2.24, 2.45) is 0 Å². The van der Waals surface area contributed by atoms with Crippen LogP contribution in [-0.4, -0.2) is 28.5 Å². The van der Waals surface area contributed by atoms with E-state index in [0.717, 1.165) is 11.1 Å². The lowest BCUT2D eigenvalue weighted by molar-refractivity contribution is -0.148. The molecular formula is C23H25N3O4. The molecule has 0 unspecified atom stereocenters. The van der Waals surface area contributed by atoms with Crippen LogP contribution < -0.4 is 10.9 Å². The Morgan fingerprint density at radius 2 is 1.90 bits per heavy atom. The number of carbonyl (C=O) groups excluding carboxylic acids is 2. The molecule has 0 radical (unpaired) electrons. The molecule has 0 bridgehead atoms. The van der Waals surface area contributed by atoms with E-state index in [2.05, 4.69) is 15.3 Å². The van der Waals surface area contributed by atoms with E-state index < -0.39 is 5.97 Å². The van der Waals surface area contributed by atoms with Crippen molar-refractivity contribution in [2.75, 3.05) is 6.61 Å². The Kier molecular flexibility index (Phi) is 6.61. The topological polar surface area (TPSA) is 101 Å². The zero-order valence-electron chi connectivity index (χ0n) is 17.3. The minimum Gasteiger partial charge on any atom is -0.456 e. The first-order chi connectivity index (χ1) is 14.3. The molecule has 0 saturated carbocycles. The van der Waals surface area contributed by atoms with Gasteiger partial charge in [-0.3, -0.25) is 14.4 Å². The van der Waals surface area contributed by atoms with Crippen molar-refractivity contribution in [2.45, 2.75) is 39.7 Å². The highest BCUT2D eigenvalue weighted by atomic mass is 16.5. The molecule has 30 heavy (non-hydrogen) atoms. The summed E-state index contributed by atoms with van der Waals surface area (Å²) in [4.78, 5) is 43.2. The fourth-order valence-electron chi connectivity index (χ4n) is 3.09. The maximum Gasteiger partial charge on any atom is 0.306 e. The van der Waals surface area contributed by atoms with E-state index >= 15 is 0 Å². The van der Waals surface area contributed by atoms with Crippen LogP contribution >= 0.6 is 0 Å². The number of fused-ring (bicyclic) bond motifs is 1. The molecule has 0 spiro atoms. The highest BCUT2D eigenvalue weighted by Gasteiger charge is 2.13. The number of amides is 1. The summed E-state index contributed by atoms with van der Waals surface area (Å²) in [6.45, 7) is 5.58. The predicted octanol–water partition coefficient (Wildman–Crippen LogP) is 2.89. The number of aryl methyl sites for hydroxylation is 3. The van der Waals surface area contributed by atoms with Gasteiger partial charge in [0.15, 0.2) is 6.61 Å². The van der Waals surface area contributed by atoms with Crippen molar-refractivity contribution in [1.29, 1.82) is 0 Å². The Hall–Kier alpha value is -3.48. The predicted molar refractivity (Wildman–Crippen MR) is 114 cm³/mol. The zero-order valence-corrected chi connectivity index (χ0v) is 17.3. The van der Waals surface area contributed by atoms with Gasteiger partial charge in [-0.1, -0.05) is 30.3 Å². The van der Waals surface area contributed by atoms with Gasteiger partial charge >= 0.3 is 5.97 Å². The maximum atomic E-state index is 12.1. The molecule has 3 rings (SSSR count). The molecule has 0 aliphatic carbocycles. The number of esters is 1. The standard InChI is InChI=1S/C23H25N3O4/c1-14-8-9-17(12-15(14)2)16(3)24-21(27)13-30-22(28)11-10-20-25-19-7-5-4-6-18(19)23(29)26-20/h4-9,12,16H,10-11,13H2,1-3H3,(H,24,27)(H,25,26,29)/t16-/m0/s1. The Morgan fingerprint density at radius 1 is 1.13 bits per heavy atom. The maximum absolute atomic E-state index is 12.1. The molecule has 0 fully saturated rings. The molecule has 156 valence electrons. The Labute approximate surface area is 174 Å². The first kappa shape index (κ1) is 21.2. The normalized spacial score (nSPS) is 11.8. The van der Waals surface area contributed by atoms with E-state index in [1.165, 1.54) is 5.56 Å². The smallest absolute Gasteiger partial charge is 0.306 e. The minimum absolute atomic E-state index is 0.0151. The van der Waals surface area contributed by atoms with Crippen LogP contribution in [-0.2, 0) is 20.7 Å². The molecule has 1 amide bonds. The molecule has 1 aromatic heterocycles. The van der Waals surface area contributed by atoms with E-state index in [1.807, 2.05) is 39.0 Å². The van der Waals surface area contributed by atoms with Crippen molar-refractivity contribution in [3.05, 3.63) is 75.3 Å². The second kappa shape index (κ2) is 9.35. The highest BCUT2D eigenvalue weighted by Crippen LogP contribution is 2.16. The average molecular weight is 407 g/mol. The fourth-order valence-corrected chi connectivity index (χ4v) is 3.09. The molecule has 7 heteroatoms. The van der Waals surface area contributed by atoms with E-state index in [-0.39, 0.29) is 37.0 Å². The summed E-state index contributed by atoms with van der Waals surface area (Å²) in [6, 6.07) is 12.8. The molecule has 7 nitrogen and oxygen atoms in total. The fraction of sp³-hybridized carbons (Fsp3) is 0.304. The monoisotopic (exact) mass is 407 g/mol. The summed E-state index contributed by atoms with van der Waals surface area (Å²) in [5.74, 6) is -0.491. The number of hydrogen-bond donors (Lipinski definition) is 2. The van der Waals surface area contributed by atoms with Crippen molar-refractivity contribution in [1.82, 2.24) is 15.3 Å². The molecule has 0 aliphatic rings. The molecule has 2 N–H and O–H groups in total. The second-order valence-corrected chi connectivity index (χ2v) is 7.32.